The molecule has 1 atom stereocenters. The van der Waals surface area contributed by atoms with Crippen LogP contribution in [0.15, 0.2) is 36.7 Å². The highest BCUT2D eigenvalue weighted by Gasteiger charge is 2.29. The number of nitrogens with zero attached hydrogens (tertiary/aromatic N) is 3. The Hall–Kier alpha value is -2.28. The predicted octanol–water partition coefficient (Wildman–Crippen LogP) is 2.21. The third kappa shape index (κ3) is 3.62. The summed E-state index contributed by atoms with van der Waals surface area (Å²) in [5.74, 6) is 0.532. The molecule has 0 saturated carbocycles. The lowest BCUT2D eigenvalue weighted by molar-refractivity contribution is -0.138. The fraction of sp³-hybridized carbons (Fsp3) is 0.353. The molecule has 126 valence electrons. The van der Waals surface area contributed by atoms with E-state index in [4.69, 9.17) is 5.11 Å². The van der Waals surface area contributed by atoms with Crippen molar-refractivity contribution >= 4 is 23.6 Å². The SMILES string of the molecule is Cc1cnn(-c2ccc(C(=O)N3CCSCC3CC(=O)O)cc2)c1. The van der Waals surface area contributed by atoms with Crippen LogP contribution in [0.4, 0.5) is 0 Å². The van der Waals surface area contributed by atoms with Crippen molar-refractivity contribution in [2.75, 3.05) is 18.1 Å². The van der Waals surface area contributed by atoms with Gasteiger partial charge in [-0.1, -0.05) is 0 Å². The lowest BCUT2D eigenvalue weighted by Crippen LogP contribution is -2.47. The van der Waals surface area contributed by atoms with Crippen LogP contribution in [0.3, 0.4) is 0 Å². The molecule has 1 unspecified atom stereocenters. The second-order valence-electron chi connectivity index (χ2n) is 5.83. The molecule has 1 saturated heterocycles. The summed E-state index contributed by atoms with van der Waals surface area (Å²) >= 11 is 1.69. The zero-order valence-corrected chi connectivity index (χ0v) is 14.2. The lowest BCUT2D eigenvalue weighted by Gasteiger charge is -2.34. The number of carbonyl (C=O) groups is 2. The van der Waals surface area contributed by atoms with Gasteiger partial charge >= 0.3 is 5.97 Å². The molecule has 6 nitrogen and oxygen atoms in total. The summed E-state index contributed by atoms with van der Waals surface area (Å²) in [4.78, 5) is 25.5. The van der Waals surface area contributed by atoms with Crippen molar-refractivity contribution in [1.29, 1.82) is 0 Å². The van der Waals surface area contributed by atoms with Gasteiger partial charge in [-0.3, -0.25) is 9.59 Å². The number of hydrogen-bond donors (Lipinski definition) is 1. The Morgan fingerprint density at radius 3 is 2.71 bits per heavy atom. The second kappa shape index (κ2) is 7.09. The maximum atomic E-state index is 12.7. The minimum atomic E-state index is -0.871. The highest BCUT2D eigenvalue weighted by molar-refractivity contribution is 7.99. The van der Waals surface area contributed by atoms with E-state index in [1.165, 1.54) is 0 Å². The molecular weight excluding hydrogens is 326 g/mol. The molecule has 3 rings (SSSR count). The number of carboxylic acid groups (broad SMARTS) is 1. The van der Waals surface area contributed by atoms with E-state index in [0.717, 1.165) is 17.0 Å². The zero-order chi connectivity index (χ0) is 17.1. The van der Waals surface area contributed by atoms with Crippen molar-refractivity contribution in [2.24, 2.45) is 0 Å². The number of carboxylic acids is 1. The van der Waals surface area contributed by atoms with E-state index in [1.54, 1.807) is 39.7 Å². The number of rotatable bonds is 4. The number of thioether (sulfide) groups is 1. The van der Waals surface area contributed by atoms with E-state index in [1.807, 2.05) is 25.3 Å². The summed E-state index contributed by atoms with van der Waals surface area (Å²) < 4.78 is 1.76. The lowest BCUT2D eigenvalue weighted by atomic mass is 10.1. The van der Waals surface area contributed by atoms with Crippen molar-refractivity contribution in [3.63, 3.8) is 0 Å². The maximum absolute atomic E-state index is 12.7. The topological polar surface area (TPSA) is 75.4 Å². The molecule has 1 aromatic carbocycles. The van der Waals surface area contributed by atoms with Gasteiger partial charge in [0.15, 0.2) is 0 Å². The van der Waals surface area contributed by atoms with Crippen LogP contribution in [0, 0.1) is 6.92 Å². The predicted molar refractivity (Wildman–Crippen MR) is 92.7 cm³/mol. The Morgan fingerprint density at radius 1 is 1.33 bits per heavy atom. The largest absolute Gasteiger partial charge is 0.481 e. The smallest absolute Gasteiger partial charge is 0.305 e. The van der Waals surface area contributed by atoms with Gasteiger partial charge in [0.1, 0.15) is 0 Å². The van der Waals surface area contributed by atoms with E-state index < -0.39 is 5.97 Å². The van der Waals surface area contributed by atoms with E-state index in [0.29, 0.717) is 17.9 Å². The van der Waals surface area contributed by atoms with Gasteiger partial charge in [-0.15, -0.1) is 0 Å². The summed E-state index contributed by atoms with van der Waals surface area (Å²) in [6.07, 6.45) is 3.69. The normalized spacial score (nSPS) is 17.7. The van der Waals surface area contributed by atoms with E-state index >= 15 is 0 Å². The molecule has 1 aliphatic rings. The van der Waals surface area contributed by atoms with E-state index in [-0.39, 0.29) is 18.4 Å². The third-order valence-electron chi connectivity index (χ3n) is 3.99. The molecule has 1 amide bonds. The van der Waals surface area contributed by atoms with Crippen LogP contribution in [0.2, 0.25) is 0 Å². The summed E-state index contributed by atoms with van der Waals surface area (Å²) in [6, 6.07) is 7.00. The Kier molecular flexibility index (Phi) is 4.89. The van der Waals surface area contributed by atoms with Crippen molar-refractivity contribution in [2.45, 2.75) is 19.4 Å². The van der Waals surface area contributed by atoms with Crippen molar-refractivity contribution in [1.82, 2.24) is 14.7 Å². The third-order valence-corrected chi connectivity index (χ3v) is 5.08. The molecular formula is C17H19N3O3S. The molecule has 1 aromatic heterocycles. The van der Waals surface area contributed by atoms with Crippen LogP contribution in [0.25, 0.3) is 5.69 Å². The maximum Gasteiger partial charge on any atom is 0.305 e. The van der Waals surface area contributed by atoms with E-state index in [2.05, 4.69) is 5.10 Å². The first-order chi connectivity index (χ1) is 11.5. The van der Waals surface area contributed by atoms with Crippen molar-refractivity contribution in [3.05, 3.63) is 47.8 Å². The summed E-state index contributed by atoms with van der Waals surface area (Å²) in [5.41, 5.74) is 2.53. The van der Waals surface area contributed by atoms with Crippen LogP contribution in [-0.2, 0) is 4.79 Å². The van der Waals surface area contributed by atoms with E-state index in [9.17, 15) is 9.59 Å². The van der Waals surface area contributed by atoms with Gasteiger partial charge in [-0.2, -0.15) is 16.9 Å². The molecule has 1 N–H and O–H groups in total. The zero-order valence-electron chi connectivity index (χ0n) is 13.4. The Morgan fingerprint density at radius 2 is 2.08 bits per heavy atom. The first-order valence-electron chi connectivity index (χ1n) is 7.77. The summed E-state index contributed by atoms with van der Waals surface area (Å²) in [7, 11) is 0. The Bertz CT molecular complexity index is 742. The molecule has 2 heterocycles. The highest BCUT2D eigenvalue weighted by atomic mass is 32.2. The van der Waals surface area contributed by atoms with Crippen LogP contribution in [0.1, 0.15) is 22.3 Å². The average molecular weight is 345 g/mol. The van der Waals surface area contributed by atoms with Crippen molar-refractivity contribution in [3.8, 4) is 5.69 Å². The molecule has 0 bridgehead atoms. The minimum absolute atomic E-state index is 0.0105. The van der Waals surface area contributed by atoms with Gasteiger partial charge in [0.25, 0.3) is 5.91 Å². The quantitative estimate of drug-likeness (QED) is 0.919. The fourth-order valence-electron chi connectivity index (χ4n) is 2.77. The number of aryl methyl sites for hydroxylation is 1. The molecule has 0 spiro atoms. The highest BCUT2D eigenvalue weighted by Crippen LogP contribution is 2.22. The fourth-order valence-corrected chi connectivity index (χ4v) is 3.83. The number of hydrogen-bond acceptors (Lipinski definition) is 4. The number of amides is 1. The molecule has 24 heavy (non-hydrogen) atoms. The van der Waals surface area contributed by atoms with Gasteiger partial charge in [0, 0.05) is 29.8 Å². The van der Waals surface area contributed by atoms with Crippen LogP contribution in [-0.4, -0.2) is 55.8 Å². The Labute approximate surface area is 144 Å². The average Bonchev–Trinajstić information content (AvgIpc) is 3.01. The van der Waals surface area contributed by atoms with Crippen LogP contribution in [0.5, 0.6) is 0 Å². The van der Waals surface area contributed by atoms with Gasteiger partial charge in [-0.05, 0) is 36.8 Å². The van der Waals surface area contributed by atoms with Crippen LogP contribution < -0.4 is 0 Å². The van der Waals surface area contributed by atoms with Gasteiger partial charge in [0.05, 0.1) is 24.3 Å². The molecule has 7 heteroatoms. The van der Waals surface area contributed by atoms with Gasteiger partial charge in [0.2, 0.25) is 0 Å². The summed E-state index contributed by atoms with van der Waals surface area (Å²) in [6.45, 7) is 2.56. The van der Waals surface area contributed by atoms with Gasteiger partial charge in [-0.25, -0.2) is 4.68 Å². The Balaban J connectivity index is 1.77. The first kappa shape index (κ1) is 16.6. The number of benzene rings is 1. The molecule has 1 fully saturated rings. The monoisotopic (exact) mass is 345 g/mol. The number of aromatic nitrogens is 2. The number of aliphatic carboxylic acids is 1. The molecule has 0 radical (unpaired) electrons. The molecule has 0 aliphatic carbocycles. The first-order valence-corrected chi connectivity index (χ1v) is 8.92. The molecule has 1 aliphatic heterocycles. The van der Waals surface area contributed by atoms with Crippen molar-refractivity contribution < 1.29 is 14.7 Å². The molecule has 2 aromatic rings. The number of carbonyl (C=O) groups excluding carboxylic acids is 1. The summed E-state index contributed by atoms with van der Waals surface area (Å²) in [5, 5.41) is 13.3. The second-order valence-corrected chi connectivity index (χ2v) is 6.98. The minimum Gasteiger partial charge on any atom is -0.481 e. The van der Waals surface area contributed by atoms with Crippen LogP contribution >= 0.6 is 11.8 Å². The van der Waals surface area contributed by atoms with Gasteiger partial charge < -0.3 is 10.0 Å². The standard InChI is InChI=1S/C17H19N3O3S/c1-12-9-18-20(10-12)14-4-2-13(3-5-14)17(23)19-6-7-24-11-15(19)8-16(21)22/h2-5,9-10,15H,6-8,11H2,1H3,(H,21,22).